The highest BCUT2D eigenvalue weighted by molar-refractivity contribution is 7.99. The van der Waals surface area contributed by atoms with Gasteiger partial charge in [0.1, 0.15) is 5.75 Å². The van der Waals surface area contributed by atoms with Crippen LogP contribution in [0.2, 0.25) is 0 Å². The van der Waals surface area contributed by atoms with Crippen LogP contribution in [0, 0.1) is 0 Å². The second-order valence-corrected chi connectivity index (χ2v) is 3.71. The molecule has 0 aromatic heterocycles. The molecule has 13 heavy (non-hydrogen) atoms. The lowest BCUT2D eigenvalue weighted by atomic mass is 10.3. The Balaban J connectivity index is 2.54. The van der Waals surface area contributed by atoms with Crippen LogP contribution < -0.4 is 4.74 Å². The Labute approximate surface area is 82.9 Å². The summed E-state index contributed by atoms with van der Waals surface area (Å²) in [6.45, 7) is 0.252. The van der Waals surface area contributed by atoms with Crippen LogP contribution in [-0.2, 0) is 0 Å². The van der Waals surface area contributed by atoms with Crippen LogP contribution >= 0.6 is 11.8 Å². The van der Waals surface area contributed by atoms with Gasteiger partial charge in [0, 0.05) is 17.3 Å². The fraction of sp³-hybridized carbons (Fsp3) is 0.400. The molecule has 0 saturated carbocycles. The molecule has 0 atom stereocenters. The van der Waals surface area contributed by atoms with Gasteiger partial charge in [0.15, 0.2) is 0 Å². The third-order valence-corrected chi connectivity index (χ3v) is 2.77. The summed E-state index contributed by atoms with van der Waals surface area (Å²) < 4.78 is 5.19. The smallest absolute Gasteiger partial charge is 0.132 e. The zero-order valence-electron chi connectivity index (χ0n) is 7.69. The SMILES string of the molecule is COc1ccccc1SCCCO. The Morgan fingerprint density at radius 3 is 2.85 bits per heavy atom. The molecule has 1 aromatic rings. The summed E-state index contributed by atoms with van der Waals surface area (Å²) in [4.78, 5) is 1.14. The maximum absolute atomic E-state index is 8.63. The Kier molecular flexibility index (Phi) is 4.72. The van der Waals surface area contributed by atoms with Crippen LogP contribution in [0.15, 0.2) is 29.2 Å². The van der Waals surface area contributed by atoms with Crippen LogP contribution in [0.5, 0.6) is 5.75 Å². The van der Waals surface area contributed by atoms with Crippen molar-refractivity contribution < 1.29 is 9.84 Å². The summed E-state index contributed by atoms with van der Waals surface area (Å²) in [6.07, 6.45) is 0.822. The fourth-order valence-corrected chi connectivity index (χ4v) is 1.95. The minimum absolute atomic E-state index is 0.252. The van der Waals surface area contributed by atoms with Crippen molar-refractivity contribution in [3.63, 3.8) is 0 Å². The summed E-state index contributed by atoms with van der Waals surface area (Å²) in [5, 5.41) is 8.63. The molecule has 1 rings (SSSR count). The van der Waals surface area contributed by atoms with Crippen molar-refractivity contribution in [2.45, 2.75) is 11.3 Å². The first-order valence-electron chi connectivity index (χ1n) is 4.25. The van der Waals surface area contributed by atoms with Gasteiger partial charge in [-0.2, -0.15) is 0 Å². The van der Waals surface area contributed by atoms with Crippen LogP contribution in [0.4, 0.5) is 0 Å². The zero-order chi connectivity index (χ0) is 9.52. The summed E-state index contributed by atoms with van der Waals surface area (Å²) in [6, 6.07) is 7.92. The first kappa shape index (κ1) is 10.4. The third kappa shape index (κ3) is 3.28. The molecule has 0 aliphatic heterocycles. The van der Waals surface area contributed by atoms with E-state index in [9.17, 15) is 0 Å². The zero-order valence-corrected chi connectivity index (χ0v) is 8.51. The van der Waals surface area contributed by atoms with Gasteiger partial charge in [0.05, 0.1) is 7.11 Å². The van der Waals surface area contributed by atoms with Crippen LogP contribution in [0.25, 0.3) is 0 Å². The van der Waals surface area contributed by atoms with Gasteiger partial charge >= 0.3 is 0 Å². The molecule has 0 spiro atoms. The maximum atomic E-state index is 8.63. The molecule has 0 radical (unpaired) electrons. The van der Waals surface area contributed by atoms with Gasteiger partial charge in [0.25, 0.3) is 0 Å². The normalized spacial score (nSPS) is 10.0. The molecule has 0 bridgehead atoms. The summed E-state index contributed by atoms with van der Waals surface area (Å²) >= 11 is 1.71. The lowest BCUT2D eigenvalue weighted by molar-refractivity contribution is 0.296. The number of rotatable bonds is 5. The average molecular weight is 198 g/mol. The van der Waals surface area contributed by atoms with Crippen LogP contribution in [0.1, 0.15) is 6.42 Å². The van der Waals surface area contributed by atoms with E-state index in [0.717, 1.165) is 22.8 Å². The lowest BCUT2D eigenvalue weighted by Crippen LogP contribution is -1.88. The van der Waals surface area contributed by atoms with Gasteiger partial charge in [-0.3, -0.25) is 0 Å². The standard InChI is InChI=1S/C10H14O2S/c1-12-9-5-2-3-6-10(9)13-8-4-7-11/h2-3,5-6,11H,4,7-8H2,1H3. The van der Waals surface area contributed by atoms with E-state index in [1.165, 1.54) is 0 Å². The van der Waals surface area contributed by atoms with E-state index >= 15 is 0 Å². The quantitative estimate of drug-likeness (QED) is 0.581. The molecule has 0 saturated heterocycles. The van der Waals surface area contributed by atoms with Crippen molar-refractivity contribution in [1.29, 1.82) is 0 Å². The van der Waals surface area contributed by atoms with Gasteiger partial charge in [-0.1, -0.05) is 12.1 Å². The predicted molar refractivity (Wildman–Crippen MR) is 55.4 cm³/mol. The van der Waals surface area contributed by atoms with Crippen molar-refractivity contribution in [3.05, 3.63) is 24.3 Å². The number of ether oxygens (including phenoxy) is 1. The number of hydrogen-bond acceptors (Lipinski definition) is 3. The van der Waals surface area contributed by atoms with E-state index in [-0.39, 0.29) is 6.61 Å². The highest BCUT2D eigenvalue weighted by Crippen LogP contribution is 2.28. The molecule has 72 valence electrons. The molecule has 0 unspecified atom stereocenters. The van der Waals surface area contributed by atoms with Gasteiger partial charge in [0.2, 0.25) is 0 Å². The van der Waals surface area contributed by atoms with E-state index in [1.807, 2.05) is 24.3 Å². The van der Waals surface area contributed by atoms with E-state index in [1.54, 1.807) is 18.9 Å². The lowest BCUT2D eigenvalue weighted by Gasteiger charge is -2.06. The summed E-state index contributed by atoms with van der Waals surface area (Å²) in [5.74, 6) is 1.84. The fourth-order valence-electron chi connectivity index (χ4n) is 0.985. The Morgan fingerprint density at radius 2 is 2.15 bits per heavy atom. The minimum atomic E-state index is 0.252. The van der Waals surface area contributed by atoms with Gasteiger partial charge in [-0.25, -0.2) is 0 Å². The minimum Gasteiger partial charge on any atom is -0.496 e. The topological polar surface area (TPSA) is 29.5 Å². The van der Waals surface area contributed by atoms with Crippen molar-refractivity contribution in [2.75, 3.05) is 19.5 Å². The number of methoxy groups -OCH3 is 1. The van der Waals surface area contributed by atoms with Crippen molar-refractivity contribution in [1.82, 2.24) is 0 Å². The molecular weight excluding hydrogens is 184 g/mol. The molecule has 2 nitrogen and oxygen atoms in total. The second kappa shape index (κ2) is 5.89. The molecule has 1 aromatic carbocycles. The first-order chi connectivity index (χ1) is 6.38. The van der Waals surface area contributed by atoms with Crippen LogP contribution in [0.3, 0.4) is 0 Å². The number of benzene rings is 1. The number of thioether (sulfide) groups is 1. The highest BCUT2D eigenvalue weighted by Gasteiger charge is 2.00. The largest absolute Gasteiger partial charge is 0.496 e. The van der Waals surface area contributed by atoms with Crippen molar-refractivity contribution >= 4 is 11.8 Å². The van der Waals surface area contributed by atoms with Gasteiger partial charge in [-0.15, -0.1) is 11.8 Å². The molecule has 3 heteroatoms. The van der Waals surface area contributed by atoms with Gasteiger partial charge < -0.3 is 9.84 Å². The molecule has 0 heterocycles. The molecular formula is C10H14O2S. The highest BCUT2D eigenvalue weighted by atomic mass is 32.2. The molecule has 0 aliphatic carbocycles. The Morgan fingerprint density at radius 1 is 1.38 bits per heavy atom. The number of hydrogen-bond donors (Lipinski definition) is 1. The Hall–Kier alpha value is -0.670. The van der Waals surface area contributed by atoms with Crippen molar-refractivity contribution in [3.8, 4) is 5.75 Å². The number of aliphatic hydroxyl groups is 1. The van der Waals surface area contributed by atoms with E-state index in [0.29, 0.717) is 0 Å². The number of aliphatic hydroxyl groups excluding tert-OH is 1. The first-order valence-corrected chi connectivity index (χ1v) is 5.23. The van der Waals surface area contributed by atoms with E-state index in [4.69, 9.17) is 9.84 Å². The predicted octanol–water partition coefficient (Wildman–Crippen LogP) is 2.17. The monoisotopic (exact) mass is 198 g/mol. The van der Waals surface area contributed by atoms with E-state index in [2.05, 4.69) is 0 Å². The molecule has 0 aliphatic rings. The van der Waals surface area contributed by atoms with Crippen molar-refractivity contribution in [2.24, 2.45) is 0 Å². The molecule has 0 fully saturated rings. The Bertz CT molecular complexity index is 250. The average Bonchev–Trinajstić information content (AvgIpc) is 2.19. The van der Waals surface area contributed by atoms with Gasteiger partial charge in [-0.05, 0) is 18.6 Å². The summed E-state index contributed by atoms with van der Waals surface area (Å²) in [5.41, 5.74) is 0. The summed E-state index contributed by atoms with van der Waals surface area (Å²) in [7, 11) is 1.67. The third-order valence-electron chi connectivity index (χ3n) is 1.63. The maximum Gasteiger partial charge on any atom is 0.132 e. The second-order valence-electron chi connectivity index (χ2n) is 2.58. The molecule has 1 N–H and O–H groups in total. The van der Waals surface area contributed by atoms with Crippen LogP contribution in [-0.4, -0.2) is 24.6 Å². The molecule has 0 amide bonds. The number of para-hydroxylation sites is 1. The van der Waals surface area contributed by atoms with E-state index < -0.39 is 0 Å².